The van der Waals surface area contributed by atoms with Gasteiger partial charge in [-0.15, -0.1) is 0 Å². The fourth-order valence-electron chi connectivity index (χ4n) is 8.92. The van der Waals surface area contributed by atoms with E-state index in [2.05, 4.69) is 240 Å². The van der Waals surface area contributed by atoms with Gasteiger partial charge in [0, 0.05) is 33.0 Å². The average Bonchev–Trinajstić information content (AvgIpc) is 3.63. The molecule has 11 aromatic rings. The number of nitrogens with zero attached hydrogens (tertiary/aromatic N) is 2. The number of rotatable bonds is 7. The fourth-order valence-corrected chi connectivity index (χ4v) is 8.92. The summed E-state index contributed by atoms with van der Waals surface area (Å²) in [6, 6.07) is 83.8. The zero-order valence-electron chi connectivity index (χ0n) is 31.8. The minimum absolute atomic E-state index is 1.09. The number of hydrogen-bond acceptors (Lipinski definition) is 1. The maximum Gasteiger partial charge on any atom is 0.0547 e. The molecule has 0 aliphatic carbocycles. The van der Waals surface area contributed by atoms with Gasteiger partial charge in [-0.2, -0.15) is 0 Å². The van der Waals surface area contributed by atoms with Crippen molar-refractivity contribution >= 4 is 60.4 Å². The van der Waals surface area contributed by atoms with Gasteiger partial charge in [-0.25, -0.2) is 0 Å². The second-order valence-corrected chi connectivity index (χ2v) is 14.9. The molecule has 0 aliphatic heterocycles. The van der Waals surface area contributed by atoms with E-state index in [4.69, 9.17) is 0 Å². The molecule has 0 radical (unpaired) electrons. The van der Waals surface area contributed by atoms with E-state index in [1.807, 2.05) is 0 Å². The Labute approximate surface area is 338 Å². The third-order valence-corrected chi connectivity index (χ3v) is 11.6. The van der Waals surface area contributed by atoms with Gasteiger partial charge in [-0.1, -0.05) is 188 Å². The predicted molar refractivity (Wildman–Crippen MR) is 247 cm³/mol. The van der Waals surface area contributed by atoms with Crippen molar-refractivity contribution in [3.8, 4) is 39.1 Å². The van der Waals surface area contributed by atoms with Crippen LogP contribution in [0.4, 0.5) is 17.1 Å². The number of benzene rings is 10. The third kappa shape index (κ3) is 5.66. The standard InChI is InChI=1S/C56H38N2/c1-3-18-39(19-4-1)41-23-17-24-44(36-41)57(55-38-43-22-7-8-25-45(43)46-26-9-10-27-47(46)55)52-31-14-11-28-48(52)49-29-12-15-32-53(49)58-54-33-16-13-30-50(54)51-35-34-42(37-56(51)58)40-20-5-2-6-21-40/h1-38H. The number of hydrogen-bond donors (Lipinski definition) is 0. The molecule has 0 atom stereocenters. The molecule has 0 spiro atoms. The normalized spacial score (nSPS) is 11.4. The highest BCUT2D eigenvalue weighted by Gasteiger charge is 2.23. The topological polar surface area (TPSA) is 8.17 Å². The van der Waals surface area contributed by atoms with E-state index in [1.54, 1.807) is 0 Å². The summed E-state index contributed by atoms with van der Waals surface area (Å²) in [5.74, 6) is 0. The van der Waals surface area contributed by atoms with Gasteiger partial charge in [0.25, 0.3) is 0 Å². The van der Waals surface area contributed by atoms with Gasteiger partial charge in [0.05, 0.1) is 28.1 Å². The quantitative estimate of drug-likeness (QED) is 0.148. The highest BCUT2D eigenvalue weighted by atomic mass is 15.1. The highest BCUT2D eigenvalue weighted by molar-refractivity contribution is 6.15. The largest absolute Gasteiger partial charge is 0.309 e. The van der Waals surface area contributed by atoms with Gasteiger partial charge in [-0.3, -0.25) is 0 Å². The third-order valence-electron chi connectivity index (χ3n) is 11.6. The first kappa shape index (κ1) is 33.6. The maximum atomic E-state index is 2.48. The Morgan fingerprint density at radius 2 is 0.862 bits per heavy atom. The van der Waals surface area contributed by atoms with Gasteiger partial charge in [0.1, 0.15) is 0 Å². The number of para-hydroxylation sites is 3. The lowest BCUT2D eigenvalue weighted by Gasteiger charge is -2.30. The molecule has 0 saturated heterocycles. The first-order valence-electron chi connectivity index (χ1n) is 19.9. The summed E-state index contributed by atoms with van der Waals surface area (Å²) in [4.78, 5) is 2.48. The predicted octanol–water partition coefficient (Wildman–Crippen LogP) is 15.6. The zero-order valence-corrected chi connectivity index (χ0v) is 31.8. The summed E-state index contributed by atoms with van der Waals surface area (Å²) < 4.78 is 2.47. The summed E-state index contributed by atoms with van der Waals surface area (Å²) in [5, 5.41) is 7.36. The molecule has 1 aromatic heterocycles. The first-order valence-corrected chi connectivity index (χ1v) is 19.9. The van der Waals surface area contributed by atoms with Gasteiger partial charge < -0.3 is 9.47 Å². The molecule has 0 amide bonds. The number of fused-ring (bicyclic) bond motifs is 6. The Bertz CT molecular complexity index is 3290. The van der Waals surface area contributed by atoms with Crippen molar-refractivity contribution < 1.29 is 0 Å². The molecule has 0 saturated carbocycles. The van der Waals surface area contributed by atoms with Crippen LogP contribution in [-0.4, -0.2) is 4.57 Å². The van der Waals surface area contributed by atoms with E-state index in [9.17, 15) is 0 Å². The average molecular weight is 739 g/mol. The Morgan fingerprint density at radius 3 is 1.66 bits per heavy atom. The van der Waals surface area contributed by atoms with Gasteiger partial charge in [0.15, 0.2) is 0 Å². The minimum Gasteiger partial charge on any atom is -0.309 e. The summed E-state index contributed by atoms with van der Waals surface area (Å²) in [6.45, 7) is 0. The molecule has 1 heterocycles. The summed E-state index contributed by atoms with van der Waals surface area (Å²) in [6.07, 6.45) is 0. The van der Waals surface area contributed by atoms with Crippen LogP contribution < -0.4 is 4.90 Å². The maximum absolute atomic E-state index is 2.48. The molecule has 0 unspecified atom stereocenters. The molecule has 272 valence electrons. The van der Waals surface area contributed by atoms with E-state index < -0.39 is 0 Å². The molecule has 0 fully saturated rings. The van der Waals surface area contributed by atoms with E-state index >= 15 is 0 Å². The van der Waals surface area contributed by atoms with Crippen LogP contribution in [0.15, 0.2) is 231 Å². The van der Waals surface area contributed by atoms with Crippen LogP contribution in [0.2, 0.25) is 0 Å². The number of aromatic nitrogens is 1. The summed E-state index contributed by atoms with van der Waals surface area (Å²) >= 11 is 0. The van der Waals surface area contributed by atoms with Crippen LogP contribution in [0, 0.1) is 0 Å². The second-order valence-electron chi connectivity index (χ2n) is 14.9. The molecule has 2 heteroatoms. The molecule has 0 bridgehead atoms. The molecule has 0 N–H and O–H groups in total. The van der Waals surface area contributed by atoms with Crippen molar-refractivity contribution in [1.82, 2.24) is 4.57 Å². The SMILES string of the molecule is c1ccc(-c2cccc(N(c3ccccc3-c3ccccc3-n3c4ccccc4c4ccc(-c5ccccc5)cc43)c3cc4ccccc4c4ccccc34)c2)cc1. The number of anilines is 3. The van der Waals surface area contributed by atoms with E-state index in [1.165, 1.54) is 65.6 Å². The van der Waals surface area contributed by atoms with Crippen molar-refractivity contribution in [3.05, 3.63) is 231 Å². The molecule has 58 heavy (non-hydrogen) atoms. The second kappa shape index (κ2) is 14.1. The molecular formula is C56H38N2. The Hall–Kier alpha value is -7.68. The van der Waals surface area contributed by atoms with Crippen LogP contribution in [0.3, 0.4) is 0 Å². The lowest BCUT2D eigenvalue weighted by molar-refractivity contribution is 1.18. The van der Waals surface area contributed by atoms with Gasteiger partial charge in [-0.05, 0) is 80.9 Å². The van der Waals surface area contributed by atoms with Crippen LogP contribution in [-0.2, 0) is 0 Å². The van der Waals surface area contributed by atoms with E-state index in [0.717, 1.165) is 33.9 Å². The Morgan fingerprint density at radius 1 is 0.293 bits per heavy atom. The lowest BCUT2D eigenvalue weighted by Crippen LogP contribution is -2.12. The van der Waals surface area contributed by atoms with E-state index in [-0.39, 0.29) is 0 Å². The van der Waals surface area contributed by atoms with Crippen LogP contribution in [0.5, 0.6) is 0 Å². The summed E-state index contributed by atoms with van der Waals surface area (Å²) in [5.41, 5.74) is 13.9. The van der Waals surface area contributed by atoms with Gasteiger partial charge >= 0.3 is 0 Å². The van der Waals surface area contributed by atoms with Crippen LogP contribution in [0.25, 0.3) is 82.4 Å². The van der Waals surface area contributed by atoms with Crippen molar-refractivity contribution in [1.29, 1.82) is 0 Å². The highest BCUT2D eigenvalue weighted by Crippen LogP contribution is 2.47. The minimum atomic E-state index is 1.09. The van der Waals surface area contributed by atoms with Crippen molar-refractivity contribution in [2.75, 3.05) is 4.90 Å². The zero-order chi connectivity index (χ0) is 38.4. The van der Waals surface area contributed by atoms with Crippen LogP contribution >= 0.6 is 0 Å². The Kier molecular flexibility index (Phi) is 8.19. The van der Waals surface area contributed by atoms with E-state index in [0.29, 0.717) is 0 Å². The van der Waals surface area contributed by atoms with Crippen molar-refractivity contribution in [3.63, 3.8) is 0 Å². The molecule has 2 nitrogen and oxygen atoms in total. The smallest absolute Gasteiger partial charge is 0.0547 e. The van der Waals surface area contributed by atoms with Crippen molar-refractivity contribution in [2.45, 2.75) is 0 Å². The lowest BCUT2D eigenvalue weighted by atomic mass is 9.96. The fraction of sp³-hybridized carbons (Fsp3) is 0. The van der Waals surface area contributed by atoms with Crippen molar-refractivity contribution in [2.24, 2.45) is 0 Å². The monoisotopic (exact) mass is 738 g/mol. The summed E-state index contributed by atoms with van der Waals surface area (Å²) in [7, 11) is 0. The molecule has 0 aliphatic rings. The van der Waals surface area contributed by atoms with Crippen LogP contribution in [0.1, 0.15) is 0 Å². The van der Waals surface area contributed by atoms with Gasteiger partial charge in [0.2, 0.25) is 0 Å². The first-order chi connectivity index (χ1) is 28.8. The molecular weight excluding hydrogens is 701 g/mol. The molecule has 10 aromatic carbocycles. The molecule has 11 rings (SSSR count). The Balaban J connectivity index is 1.19.